The third-order valence-electron chi connectivity index (χ3n) is 4.17. The maximum Gasteiger partial charge on any atom is 0.183 e. The van der Waals surface area contributed by atoms with Crippen LogP contribution in [0, 0.1) is 0 Å². The SMILES string of the molecule is CC1=CC(=Nc2ccc(NCCC[N+](C)(C)C)cc2)C(NCCO)=CC1=O. The monoisotopic (exact) mass is 371 g/mol. The van der Waals surface area contributed by atoms with Crippen LogP contribution in [-0.2, 0) is 4.79 Å². The lowest BCUT2D eigenvalue weighted by molar-refractivity contribution is -0.870. The number of hydrogen-bond donors (Lipinski definition) is 3. The van der Waals surface area contributed by atoms with Gasteiger partial charge in [0.25, 0.3) is 0 Å². The van der Waals surface area contributed by atoms with Crippen molar-refractivity contribution in [3.8, 4) is 0 Å². The topological polar surface area (TPSA) is 73.7 Å². The molecule has 0 aromatic heterocycles. The number of aliphatic imine (C=N–C) groups is 1. The summed E-state index contributed by atoms with van der Waals surface area (Å²) in [6, 6.07) is 7.94. The second kappa shape index (κ2) is 9.48. The van der Waals surface area contributed by atoms with Crippen LogP contribution in [-0.4, -0.2) is 68.5 Å². The minimum Gasteiger partial charge on any atom is -0.395 e. The number of benzene rings is 1. The summed E-state index contributed by atoms with van der Waals surface area (Å²) in [5.74, 6) is -0.0391. The number of nitrogens with one attached hydrogen (secondary N) is 2. The molecule has 6 nitrogen and oxygen atoms in total. The zero-order valence-corrected chi connectivity index (χ0v) is 16.7. The molecule has 0 saturated carbocycles. The number of aliphatic hydroxyl groups excluding tert-OH is 1. The summed E-state index contributed by atoms with van der Waals surface area (Å²) < 4.78 is 0.966. The van der Waals surface area contributed by atoms with Crippen LogP contribution in [0.1, 0.15) is 13.3 Å². The first kappa shape index (κ1) is 20.9. The molecule has 1 aliphatic rings. The number of anilines is 1. The number of quaternary nitrogens is 1. The molecule has 2 rings (SSSR count). The number of aliphatic hydroxyl groups is 1. The van der Waals surface area contributed by atoms with Crippen LogP contribution >= 0.6 is 0 Å². The third-order valence-corrected chi connectivity index (χ3v) is 4.17. The van der Waals surface area contributed by atoms with Gasteiger partial charge in [-0.15, -0.1) is 0 Å². The smallest absolute Gasteiger partial charge is 0.183 e. The van der Waals surface area contributed by atoms with Crippen LogP contribution in [0.25, 0.3) is 0 Å². The van der Waals surface area contributed by atoms with Crippen molar-refractivity contribution in [1.82, 2.24) is 5.32 Å². The fourth-order valence-electron chi connectivity index (χ4n) is 2.68. The summed E-state index contributed by atoms with van der Waals surface area (Å²) in [6.07, 6.45) is 4.42. The van der Waals surface area contributed by atoms with Gasteiger partial charge >= 0.3 is 0 Å². The van der Waals surface area contributed by atoms with E-state index in [-0.39, 0.29) is 12.4 Å². The molecule has 0 heterocycles. The van der Waals surface area contributed by atoms with Crippen molar-refractivity contribution in [2.45, 2.75) is 13.3 Å². The Morgan fingerprint density at radius 3 is 2.37 bits per heavy atom. The Balaban J connectivity index is 2.02. The lowest BCUT2D eigenvalue weighted by Gasteiger charge is -2.23. The highest BCUT2D eigenvalue weighted by molar-refractivity contribution is 6.22. The Morgan fingerprint density at radius 2 is 1.74 bits per heavy atom. The van der Waals surface area contributed by atoms with Gasteiger partial charge in [0.2, 0.25) is 0 Å². The van der Waals surface area contributed by atoms with Crippen LogP contribution in [0.5, 0.6) is 0 Å². The van der Waals surface area contributed by atoms with Gasteiger partial charge in [0.05, 0.1) is 51.4 Å². The maximum atomic E-state index is 11.9. The van der Waals surface area contributed by atoms with E-state index in [1.807, 2.05) is 24.3 Å². The quantitative estimate of drug-likeness (QED) is 0.354. The van der Waals surface area contributed by atoms with Gasteiger partial charge in [-0.05, 0) is 42.8 Å². The number of carbonyl (C=O) groups is 1. The van der Waals surface area contributed by atoms with Crippen molar-refractivity contribution >= 4 is 22.9 Å². The minimum absolute atomic E-state index is 0.00400. The molecule has 0 aliphatic heterocycles. The number of rotatable bonds is 9. The van der Waals surface area contributed by atoms with Crippen molar-refractivity contribution < 1.29 is 14.4 Å². The fourth-order valence-corrected chi connectivity index (χ4v) is 2.68. The number of nitrogens with zero attached hydrogens (tertiary/aromatic N) is 2. The van der Waals surface area contributed by atoms with Crippen molar-refractivity contribution in [1.29, 1.82) is 0 Å². The van der Waals surface area contributed by atoms with Gasteiger partial charge < -0.3 is 20.2 Å². The molecule has 146 valence electrons. The van der Waals surface area contributed by atoms with E-state index in [0.29, 0.717) is 23.5 Å². The molecule has 0 radical (unpaired) electrons. The van der Waals surface area contributed by atoms with Crippen LogP contribution in [0.3, 0.4) is 0 Å². The van der Waals surface area contributed by atoms with Gasteiger partial charge in [-0.2, -0.15) is 0 Å². The second-order valence-electron chi connectivity index (χ2n) is 7.74. The van der Waals surface area contributed by atoms with Crippen molar-refractivity contribution in [2.24, 2.45) is 4.99 Å². The van der Waals surface area contributed by atoms with Crippen molar-refractivity contribution in [3.05, 3.63) is 47.7 Å². The van der Waals surface area contributed by atoms with Gasteiger partial charge in [0, 0.05) is 31.3 Å². The summed E-state index contributed by atoms with van der Waals surface area (Å²) in [7, 11) is 6.59. The first-order chi connectivity index (χ1) is 12.8. The molecular formula is C21H31N4O2+. The molecular weight excluding hydrogens is 340 g/mol. The van der Waals surface area contributed by atoms with Gasteiger partial charge in [-0.1, -0.05) is 0 Å². The van der Waals surface area contributed by atoms with Gasteiger partial charge in [0.1, 0.15) is 0 Å². The highest BCUT2D eigenvalue weighted by Gasteiger charge is 2.15. The van der Waals surface area contributed by atoms with E-state index < -0.39 is 0 Å². The van der Waals surface area contributed by atoms with Gasteiger partial charge in [-0.3, -0.25) is 4.79 Å². The van der Waals surface area contributed by atoms with Gasteiger partial charge in [-0.25, -0.2) is 4.99 Å². The second-order valence-corrected chi connectivity index (χ2v) is 7.74. The molecule has 0 fully saturated rings. The van der Waals surface area contributed by atoms with E-state index in [2.05, 4.69) is 36.8 Å². The normalized spacial score (nSPS) is 16.2. The Kier molecular flexibility index (Phi) is 7.33. The summed E-state index contributed by atoms with van der Waals surface area (Å²) in [5, 5.41) is 15.5. The minimum atomic E-state index is -0.0391. The predicted octanol–water partition coefficient (Wildman–Crippen LogP) is 2.26. The summed E-state index contributed by atoms with van der Waals surface area (Å²) in [6.45, 7) is 4.21. The Morgan fingerprint density at radius 1 is 1.04 bits per heavy atom. The van der Waals surface area contributed by atoms with E-state index in [1.165, 1.54) is 6.08 Å². The first-order valence-electron chi connectivity index (χ1n) is 9.31. The molecule has 0 unspecified atom stereocenters. The Labute approximate surface area is 161 Å². The maximum absolute atomic E-state index is 11.9. The highest BCUT2D eigenvalue weighted by Crippen LogP contribution is 2.20. The molecule has 3 N–H and O–H groups in total. The average Bonchev–Trinajstić information content (AvgIpc) is 2.61. The Bertz CT molecular complexity index is 740. The summed E-state index contributed by atoms with van der Waals surface area (Å²) in [5.41, 5.74) is 3.88. The summed E-state index contributed by atoms with van der Waals surface area (Å²) >= 11 is 0. The molecule has 0 bridgehead atoms. The molecule has 0 spiro atoms. The average molecular weight is 372 g/mol. The van der Waals surface area contributed by atoms with Crippen LogP contribution in [0.2, 0.25) is 0 Å². The first-order valence-corrected chi connectivity index (χ1v) is 9.31. The number of allylic oxidation sites excluding steroid dienone is 3. The predicted molar refractivity (Wildman–Crippen MR) is 111 cm³/mol. The fraction of sp³-hybridized carbons (Fsp3) is 0.429. The highest BCUT2D eigenvalue weighted by atomic mass is 16.3. The third kappa shape index (κ3) is 7.00. The molecule has 0 atom stereocenters. The number of carbonyl (C=O) groups excluding carboxylic acids is 1. The molecule has 0 saturated heterocycles. The standard InChI is InChI=1S/C21H30N4O2/c1-16-14-20(19(15-21(16)27)23-11-13-26)24-18-8-6-17(7-9-18)22-10-5-12-25(2,3)4/h6-9,14-15,26H,5,10-13H2,1-4H3,(H-,22,23,27)/p+1. The van der Waals surface area contributed by atoms with Crippen LogP contribution < -0.4 is 10.6 Å². The van der Waals surface area contributed by atoms with Crippen LogP contribution in [0.4, 0.5) is 11.4 Å². The van der Waals surface area contributed by atoms with Crippen molar-refractivity contribution in [3.63, 3.8) is 0 Å². The molecule has 27 heavy (non-hydrogen) atoms. The largest absolute Gasteiger partial charge is 0.395 e. The van der Waals surface area contributed by atoms with E-state index in [9.17, 15) is 4.79 Å². The van der Waals surface area contributed by atoms with E-state index >= 15 is 0 Å². The zero-order valence-electron chi connectivity index (χ0n) is 16.7. The summed E-state index contributed by atoms with van der Waals surface area (Å²) in [4.78, 5) is 16.5. The number of ketones is 1. The van der Waals surface area contributed by atoms with Crippen molar-refractivity contribution in [2.75, 3.05) is 52.7 Å². The van der Waals surface area contributed by atoms with E-state index in [1.54, 1.807) is 13.0 Å². The van der Waals surface area contributed by atoms with E-state index in [4.69, 9.17) is 5.11 Å². The molecule has 6 heteroatoms. The number of hydrogen-bond acceptors (Lipinski definition) is 5. The molecule has 1 aliphatic carbocycles. The lowest BCUT2D eigenvalue weighted by atomic mass is 10.0. The van der Waals surface area contributed by atoms with E-state index in [0.717, 1.165) is 35.4 Å². The molecule has 1 aromatic carbocycles. The zero-order chi connectivity index (χ0) is 19.9. The lowest BCUT2D eigenvalue weighted by Crippen LogP contribution is -2.36. The Hall–Kier alpha value is -2.44. The molecule has 1 aromatic rings. The molecule has 0 amide bonds. The van der Waals surface area contributed by atoms with Crippen LogP contribution in [0.15, 0.2) is 52.7 Å². The van der Waals surface area contributed by atoms with Gasteiger partial charge in [0.15, 0.2) is 5.78 Å².